The zero-order valence-corrected chi connectivity index (χ0v) is 11.3. The summed E-state index contributed by atoms with van der Waals surface area (Å²) in [7, 11) is 1.31. The molecule has 2 rings (SSSR count). The fourth-order valence-electron chi connectivity index (χ4n) is 2.11. The molecule has 1 heterocycles. The first kappa shape index (κ1) is 14.9. The number of benzene rings is 1. The van der Waals surface area contributed by atoms with Gasteiger partial charge in [0.1, 0.15) is 18.3 Å². The van der Waals surface area contributed by atoms with Gasteiger partial charge in [0, 0.05) is 7.11 Å². The van der Waals surface area contributed by atoms with Crippen molar-refractivity contribution < 1.29 is 28.5 Å². The van der Waals surface area contributed by atoms with E-state index >= 15 is 0 Å². The maximum atomic E-state index is 14.0. The molecule has 4 atom stereocenters. The predicted molar refractivity (Wildman–Crippen MR) is 67.9 cm³/mol. The molecule has 0 saturated carbocycles. The molecule has 0 radical (unpaired) electrons. The highest BCUT2D eigenvalue weighted by atomic mass is 19.1. The van der Waals surface area contributed by atoms with Gasteiger partial charge in [-0.15, -0.1) is 0 Å². The van der Waals surface area contributed by atoms with Crippen molar-refractivity contribution in [2.75, 3.05) is 13.7 Å². The van der Waals surface area contributed by atoms with Crippen LogP contribution < -0.4 is 0 Å². The lowest BCUT2D eigenvalue weighted by molar-refractivity contribution is -0.185. The first-order valence-corrected chi connectivity index (χ1v) is 6.23. The zero-order chi connectivity index (χ0) is 14.8. The molecule has 1 aromatic rings. The zero-order valence-electron chi connectivity index (χ0n) is 11.3. The van der Waals surface area contributed by atoms with E-state index in [-0.39, 0.29) is 6.61 Å². The van der Waals surface area contributed by atoms with Crippen LogP contribution in [0.5, 0.6) is 0 Å². The number of hydrogen-bond acceptors (Lipinski definition) is 5. The number of methoxy groups -OCH3 is 1. The second kappa shape index (κ2) is 5.87. The van der Waals surface area contributed by atoms with Crippen LogP contribution in [0.25, 0.3) is 0 Å². The van der Waals surface area contributed by atoms with Crippen LogP contribution in [0.1, 0.15) is 17.3 Å². The van der Waals surface area contributed by atoms with E-state index in [0.29, 0.717) is 5.56 Å². The molecule has 1 aliphatic rings. The summed E-state index contributed by atoms with van der Waals surface area (Å²) >= 11 is 0. The largest absolute Gasteiger partial charge is 0.459 e. The number of esters is 1. The van der Waals surface area contributed by atoms with Gasteiger partial charge in [0.15, 0.2) is 12.5 Å². The van der Waals surface area contributed by atoms with E-state index in [2.05, 4.69) is 0 Å². The lowest BCUT2D eigenvalue weighted by Gasteiger charge is -2.23. The summed E-state index contributed by atoms with van der Waals surface area (Å²) < 4.78 is 29.1. The molecule has 110 valence electrons. The Labute approximate surface area is 116 Å². The van der Waals surface area contributed by atoms with Gasteiger partial charge in [0.25, 0.3) is 0 Å². The van der Waals surface area contributed by atoms with Crippen LogP contribution in [0.4, 0.5) is 4.39 Å². The van der Waals surface area contributed by atoms with Crippen molar-refractivity contribution in [3.8, 4) is 0 Å². The summed E-state index contributed by atoms with van der Waals surface area (Å²) in [6, 6.07) is 8.37. The Balaban J connectivity index is 1.94. The molecule has 1 saturated heterocycles. The van der Waals surface area contributed by atoms with Gasteiger partial charge in [-0.3, -0.25) is 0 Å². The molecule has 0 aromatic heterocycles. The fourth-order valence-corrected chi connectivity index (χ4v) is 2.11. The molecule has 0 aliphatic carbocycles. The van der Waals surface area contributed by atoms with E-state index in [0.717, 1.165) is 0 Å². The third-order valence-corrected chi connectivity index (χ3v) is 3.26. The average Bonchev–Trinajstić information content (AvgIpc) is 2.68. The van der Waals surface area contributed by atoms with Crippen molar-refractivity contribution in [2.24, 2.45) is 0 Å². The molecule has 1 N–H and O–H groups in total. The highest BCUT2D eigenvalue weighted by Crippen LogP contribution is 2.33. The highest BCUT2D eigenvalue weighted by molar-refractivity contribution is 5.89. The first-order chi connectivity index (χ1) is 9.46. The predicted octanol–water partition coefficient (Wildman–Crippen LogP) is 1.30. The molecule has 20 heavy (non-hydrogen) atoms. The van der Waals surface area contributed by atoms with Crippen molar-refractivity contribution in [1.29, 1.82) is 0 Å². The number of aliphatic hydroxyl groups is 1. The Morgan fingerprint density at radius 3 is 2.65 bits per heavy atom. The van der Waals surface area contributed by atoms with Crippen LogP contribution >= 0.6 is 0 Å². The Bertz CT molecular complexity index is 462. The lowest BCUT2D eigenvalue weighted by atomic mass is 9.99. The normalized spacial score (nSPS) is 33.1. The average molecular weight is 284 g/mol. The summed E-state index contributed by atoms with van der Waals surface area (Å²) in [4.78, 5) is 11.7. The molecule has 1 aromatic carbocycles. The molecule has 6 heteroatoms. The second-order valence-corrected chi connectivity index (χ2v) is 4.83. The van der Waals surface area contributed by atoms with E-state index in [1.807, 2.05) is 0 Å². The minimum absolute atomic E-state index is 0.287. The van der Waals surface area contributed by atoms with E-state index < -0.39 is 30.1 Å². The number of hydrogen-bond donors (Lipinski definition) is 1. The molecule has 1 fully saturated rings. The van der Waals surface area contributed by atoms with Crippen molar-refractivity contribution in [3.05, 3.63) is 35.9 Å². The van der Waals surface area contributed by atoms with Crippen molar-refractivity contribution in [3.63, 3.8) is 0 Å². The standard InChI is InChI=1S/C14H17FO5/c1-14(17)11(15)10(20-13(14)18-2)8-19-12(16)9-6-4-3-5-7-9/h3-7,10-11,13,17H,8H2,1-2H3/t10-,11-,13-,14-/m1/s1. The highest BCUT2D eigenvalue weighted by Gasteiger charge is 2.54. The number of ether oxygens (including phenoxy) is 3. The molecular formula is C14H17FO5. The van der Waals surface area contributed by atoms with E-state index in [1.165, 1.54) is 14.0 Å². The summed E-state index contributed by atoms with van der Waals surface area (Å²) in [5.41, 5.74) is -1.39. The first-order valence-electron chi connectivity index (χ1n) is 6.23. The van der Waals surface area contributed by atoms with Gasteiger partial charge in [-0.25, -0.2) is 9.18 Å². The molecule has 5 nitrogen and oxygen atoms in total. The van der Waals surface area contributed by atoms with Crippen molar-refractivity contribution >= 4 is 5.97 Å². The van der Waals surface area contributed by atoms with Crippen LogP contribution in [0, 0.1) is 0 Å². The number of alkyl halides is 1. The quantitative estimate of drug-likeness (QED) is 0.844. The number of carbonyl (C=O) groups excluding carboxylic acids is 1. The van der Waals surface area contributed by atoms with Gasteiger partial charge in [-0.1, -0.05) is 18.2 Å². The lowest BCUT2D eigenvalue weighted by Crippen LogP contribution is -2.44. The topological polar surface area (TPSA) is 65.0 Å². The van der Waals surface area contributed by atoms with Crippen molar-refractivity contribution in [2.45, 2.75) is 31.1 Å². The molecule has 1 aliphatic heterocycles. The van der Waals surface area contributed by atoms with Gasteiger partial charge in [0.05, 0.1) is 5.56 Å². The van der Waals surface area contributed by atoms with Crippen molar-refractivity contribution in [1.82, 2.24) is 0 Å². The molecule has 0 bridgehead atoms. The third-order valence-electron chi connectivity index (χ3n) is 3.26. The molecule has 0 amide bonds. The van der Waals surface area contributed by atoms with Crippen LogP contribution in [-0.2, 0) is 14.2 Å². The minimum Gasteiger partial charge on any atom is -0.459 e. The van der Waals surface area contributed by atoms with Gasteiger partial charge in [-0.2, -0.15) is 0 Å². The maximum Gasteiger partial charge on any atom is 0.338 e. The van der Waals surface area contributed by atoms with E-state index in [4.69, 9.17) is 14.2 Å². The Kier molecular flexibility index (Phi) is 4.37. The Morgan fingerprint density at radius 1 is 1.45 bits per heavy atom. The van der Waals surface area contributed by atoms with E-state index in [9.17, 15) is 14.3 Å². The summed E-state index contributed by atoms with van der Waals surface area (Å²) in [6.45, 7) is 0.996. The summed E-state index contributed by atoms with van der Waals surface area (Å²) in [5.74, 6) is -0.568. The molecule has 0 unspecified atom stereocenters. The number of carbonyl (C=O) groups is 1. The van der Waals surface area contributed by atoms with Crippen LogP contribution in [0.2, 0.25) is 0 Å². The van der Waals surface area contributed by atoms with Gasteiger partial charge in [-0.05, 0) is 19.1 Å². The smallest absolute Gasteiger partial charge is 0.338 e. The van der Waals surface area contributed by atoms with Gasteiger partial charge < -0.3 is 19.3 Å². The maximum absolute atomic E-state index is 14.0. The Morgan fingerprint density at radius 2 is 2.10 bits per heavy atom. The van der Waals surface area contributed by atoms with Gasteiger partial charge in [0.2, 0.25) is 0 Å². The minimum atomic E-state index is -1.77. The molecular weight excluding hydrogens is 267 g/mol. The van der Waals surface area contributed by atoms with Crippen LogP contribution in [0.15, 0.2) is 30.3 Å². The van der Waals surface area contributed by atoms with Crippen LogP contribution in [-0.4, -0.2) is 49.0 Å². The Hall–Kier alpha value is -1.50. The fraction of sp³-hybridized carbons (Fsp3) is 0.500. The third kappa shape index (κ3) is 2.82. The number of rotatable bonds is 4. The van der Waals surface area contributed by atoms with E-state index in [1.54, 1.807) is 30.3 Å². The SMILES string of the molecule is CO[C@@H]1O[C@H](COC(=O)c2ccccc2)[C@@H](F)[C@@]1(C)O. The summed E-state index contributed by atoms with van der Waals surface area (Å²) in [5, 5.41) is 9.91. The molecule has 0 spiro atoms. The van der Waals surface area contributed by atoms with Crippen LogP contribution in [0.3, 0.4) is 0 Å². The summed E-state index contributed by atoms with van der Waals surface area (Å²) in [6.07, 6.45) is -3.84. The second-order valence-electron chi connectivity index (χ2n) is 4.83. The number of halogens is 1. The monoisotopic (exact) mass is 284 g/mol. The van der Waals surface area contributed by atoms with Gasteiger partial charge >= 0.3 is 5.97 Å².